The number of nitrogens with zero attached hydrogens (tertiary/aromatic N) is 5. The second kappa shape index (κ2) is 10.7. The first-order valence-electron chi connectivity index (χ1n) is 12.6. The summed E-state index contributed by atoms with van der Waals surface area (Å²) in [6.07, 6.45) is 3.59. The summed E-state index contributed by atoms with van der Waals surface area (Å²) in [5, 5.41) is 28.8. The first-order chi connectivity index (χ1) is 19.8. The molecule has 2 unspecified atom stereocenters. The lowest BCUT2D eigenvalue weighted by molar-refractivity contribution is -0.710. The van der Waals surface area contributed by atoms with Crippen molar-refractivity contribution in [3.8, 4) is 0 Å². The maximum absolute atomic E-state index is 13.3. The number of β-lactam (4-membered cyclic amide) rings is 1. The van der Waals surface area contributed by atoms with E-state index in [0.29, 0.717) is 11.1 Å². The van der Waals surface area contributed by atoms with Crippen LogP contribution in [0.3, 0.4) is 0 Å². The van der Waals surface area contributed by atoms with Crippen molar-refractivity contribution in [1.82, 2.24) is 25.2 Å². The van der Waals surface area contributed by atoms with E-state index in [-0.39, 0.29) is 22.3 Å². The van der Waals surface area contributed by atoms with Crippen molar-refractivity contribution in [2.75, 3.05) is 11.5 Å². The molecule has 2 aliphatic heterocycles. The van der Waals surface area contributed by atoms with E-state index in [1.807, 2.05) is 24.5 Å². The fraction of sp³-hybridized carbons (Fsp3) is 0.360. The van der Waals surface area contributed by atoms with Crippen molar-refractivity contribution in [1.29, 1.82) is 0 Å². The molecule has 5 heterocycles. The summed E-state index contributed by atoms with van der Waals surface area (Å²) in [6.45, 7) is 6.13. The Hall–Kier alpha value is -4.51. The zero-order chi connectivity index (χ0) is 30.5. The van der Waals surface area contributed by atoms with Crippen LogP contribution in [0.5, 0.6) is 0 Å². The highest BCUT2D eigenvalue weighted by Gasteiger charge is 2.54. The summed E-state index contributed by atoms with van der Waals surface area (Å²) in [7, 11) is 0. The van der Waals surface area contributed by atoms with Crippen LogP contribution in [0.2, 0.25) is 0 Å². The summed E-state index contributed by atoms with van der Waals surface area (Å²) < 4.78 is 1.81. The van der Waals surface area contributed by atoms with Gasteiger partial charge in [-0.05, 0) is 20.8 Å². The second-order valence-electron chi connectivity index (χ2n) is 10.1. The summed E-state index contributed by atoms with van der Waals surface area (Å²) in [5.74, 6) is -3.38. The number of carbonyl (C=O) groups is 4. The average Bonchev–Trinajstić information content (AvgIpc) is 3.53. The standard InChI is InChI=1S/C25H26N8O7S2/c1-10(32-6-5-13-14(7-32)28-11(2)27-13)12-8-41-21-17(20(35)33(21)18(12)22(36)37)30-19(34)16(15-9-42-24(26)29-15)31-40-25(3,4)23(38)39/h5-7,9-10,17,21H,8H2,1-4H3,(H5,26,29,30,34,36,37,38,39)/t10?,17?,21-/m0/s1. The van der Waals surface area contributed by atoms with Gasteiger partial charge in [0.05, 0.1) is 17.2 Å². The quantitative estimate of drug-likeness (QED) is 0.104. The van der Waals surface area contributed by atoms with Crippen LogP contribution in [-0.4, -0.2) is 77.2 Å². The highest BCUT2D eigenvalue weighted by molar-refractivity contribution is 8.00. The molecular weight excluding hydrogens is 588 g/mol. The Bertz CT molecular complexity index is 1690. The normalized spacial score (nSPS) is 19.8. The molecule has 2 aliphatic rings. The number of aliphatic carboxylic acids is 2. The molecule has 42 heavy (non-hydrogen) atoms. The van der Waals surface area contributed by atoms with Gasteiger partial charge in [-0.2, -0.15) is 4.57 Å². The van der Waals surface area contributed by atoms with Crippen LogP contribution >= 0.6 is 23.1 Å². The van der Waals surface area contributed by atoms with Gasteiger partial charge in [-0.1, -0.05) is 5.16 Å². The van der Waals surface area contributed by atoms with E-state index >= 15 is 0 Å². The number of carboxylic acids is 2. The number of anilines is 1. The number of aromatic amines is 1. The highest BCUT2D eigenvalue weighted by Crippen LogP contribution is 2.42. The summed E-state index contributed by atoms with van der Waals surface area (Å²) in [4.78, 5) is 68.1. The number of thiazole rings is 1. The van der Waals surface area contributed by atoms with E-state index in [9.17, 15) is 29.4 Å². The third kappa shape index (κ3) is 5.16. The maximum Gasteiger partial charge on any atom is 0.350 e. The van der Waals surface area contributed by atoms with Gasteiger partial charge >= 0.3 is 5.97 Å². The smallest absolute Gasteiger partial charge is 0.350 e. The number of nitrogens with one attached hydrogen (secondary N) is 2. The lowest BCUT2D eigenvalue weighted by atomic mass is 9.99. The number of imidazole rings is 1. The molecule has 0 radical (unpaired) electrons. The van der Waals surface area contributed by atoms with Gasteiger partial charge in [-0.15, -0.1) is 23.1 Å². The highest BCUT2D eigenvalue weighted by atomic mass is 32.2. The first kappa shape index (κ1) is 29.0. The number of aryl methyl sites for hydroxylation is 1. The van der Waals surface area contributed by atoms with Crippen molar-refractivity contribution >= 4 is 68.7 Å². The molecule has 15 nitrogen and oxygen atoms in total. The predicted octanol–water partition coefficient (Wildman–Crippen LogP) is -0.553. The molecule has 1 saturated heterocycles. The van der Waals surface area contributed by atoms with Crippen LogP contribution in [0.1, 0.15) is 38.3 Å². The van der Waals surface area contributed by atoms with Gasteiger partial charge < -0.3 is 35.9 Å². The Balaban J connectivity index is 1.39. The van der Waals surface area contributed by atoms with Crippen molar-refractivity contribution in [3.05, 3.63) is 46.6 Å². The minimum atomic E-state index is -1.77. The lowest BCUT2D eigenvalue weighted by Gasteiger charge is -2.50. The average molecular weight is 615 g/mol. The number of oxime groups is 1. The topological polar surface area (TPSA) is 220 Å². The van der Waals surface area contributed by atoms with Crippen LogP contribution in [0, 0.1) is 6.92 Å². The summed E-state index contributed by atoms with van der Waals surface area (Å²) >= 11 is 2.31. The molecule has 0 bridgehead atoms. The van der Waals surface area contributed by atoms with Crippen LogP contribution in [-0.2, 0) is 24.0 Å². The van der Waals surface area contributed by atoms with Crippen LogP contribution in [0.4, 0.5) is 5.13 Å². The lowest BCUT2D eigenvalue weighted by Crippen LogP contribution is -2.71. The number of carboxylic acid groups (broad SMARTS) is 2. The molecule has 0 aliphatic carbocycles. The Morgan fingerprint density at radius 2 is 2.12 bits per heavy atom. The number of pyridine rings is 1. The number of hydrogen-bond donors (Lipinski definition) is 4. The molecule has 17 heteroatoms. The van der Waals surface area contributed by atoms with Crippen molar-refractivity contribution < 1.29 is 38.8 Å². The molecule has 5 N–H and O–H groups in total. The second-order valence-corrected chi connectivity index (χ2v) is 12.1. The number of fused-ring (bicyclic) bond motifs is 2. The number of aromatic nitrogens is 4. The molecule has 3 atom stereocenters. The Morgan fingerprint density at radius 3 is 2.76 bits per heavy atom. The van der Waals surface area contributed by atoms with E-state index in [4.69, 9.17) is 10.6 Å². The minimum Gasteiger partial charge on any atom is -0.543 e. The SMILES string of the molecule is Cc1nc2c[n+](C(C)C3=C(C(=O)[O-])N4C(=O)C(NC(=O)C(=NOC(C)(C)C(=O)O)c5csc(N)n5)[C@@H]4SC3)ccc2[nH]1. The number of nitrogen functional groups attached to an aromatic ring is 1. The summed E-state index contributed by atoms with van der Waals surface area (Å²) in [5.41, 5.74) is 5.31. The number of nitrogens with two attached hydrogens (primary N) is 1. The number of H-pyrrole nitrogens is 1. The van der Waals surface area contributed by atoms with Crippen LogP contribution in [0.15, 0.2) is 40.3 Å². The van der Waals surface area contributed by atoms with E-state index in [2.05, 4.69) is 25.4 Å². The van der Waals surface area contributed by atoms with Crippen molar-refractivity contribution in [2.24, 2.45) is 5.16 Å². The van der Waals surface area contributed by atoms with E-state index in [0.717, 1.165) is 27.6 Å². The van der Waals surface area contributed by atoms with Crippen molar-refractivity contribution in [2.45, 2.75) is 50.8 Å². The van der Waals surface area contributed by atoms with Gasteiger partial charge in [0.1, 0.15) is 22.9 Å². The third-order valence-corrected chi connectivity index (χ3v) is 8.83. The maximum atomic E-state index is 13.3. The van der Waals surface area contributed by atoms with Crippen molar-refractivity contribution in [3.63, 3.8) is 0 Å². The number of thioether (sulfide) groups is 1. The van der Waals surface area contributed by atoms with Gasteiger partial charge in [-0.3, -0.25) is 14.5 Å². The summed E-state index contributed by atoms with van der Waals surface area (Å²) in [6, 6.07) is 0.289. The van der Waals surface area contributed by atoms with E-state index in [1.165, 1.54) is 31.0 Å². The fourth-order valence-electron chi connectivity index (χ4n) is 4.48. The minimum absolute atomic E-state index is 0.0173. The molecule has 0 spiro atoms. The zero-order valence-corrected chi connectivity index (χ0v) is 24.4. The Labute approximate surface area is 246 Å². The Kier molecular flexibility index (Phi) is 7.40. The number of carbonyl (C=O) groups excluding carboxylic acids is 3. The molecule has 0 saturated carbocycles. The molecule has 0 aromatic carbocycles. The fourth-order valence-corrected chi connectivity index (χ4v) is 6.49. The molecule has 3 aromatic heterocycles. The van der Waals surface area contributed by atoms with Crippen LogP contribution < -0.4 is 20.7 Å². The Morgan fingerprint density at radius 1 is 1.38 bits per heavy atom. The molecule has 2 amide bonds. The number of rotatable bonds is 9. The molecule has 5 rings (SSSR count). The molecule has 1 fully saturated rings. The van der Waals surface area contributed by atoms with Gasteiger partial charge in [0.15, 0.2) is 34.8 Å². The zero-order valence-electron chi connectivity index (χ0n) is 22.8. The van der Waals surface area contributed by atoms with E-state index in [1.54, 1.807) is 12.4 Å². The van der Waals surface area contributed by atoms with Gasteiger partial charge in [0.25, 0.3) is 11.8 Å². The first-order valence-corrected chi connectivity index (χ1v) is 14.5. The predicted molar refractivity (Wildman–Crippen MR) is 149 cm³/mol. The molecular formula is C25H26N8O7S2. The van der Waals surface area contributed by atoms with Gasteiger partial charge in [0, 0.05) is 29.7 Å². The number of amides is 2. The van der Waals surface area contributed by atoms with Crippen LogP contribution in [0.25, 0.3) is 11.0 Å². The van der Waals surface area contributed by atoms with Gasteiger partial charge in [-0.25, -0.2) is 14.8 Å². The molecule has 3 aromatic rings. The molecule has 220 valence electrons. The van der Waals surface area contributed by atoms with Gasteiger partial charge in [0.2, 0.25) is 5.60 Å². The largest absolute Gasteiger partial charge is 0.543 e. The number of hydrogen-bond acceptors (Lipinski definition) is 12. The van der Waals surface area contributed by atoms with E-state index < -0.39 is 52.5 Å². The third-order valence-electron chi connectivity index (χ3n) is 6.85. The monoisotopic (exact) mass is 614 g/mol.